The van der Waals surface area contributed by atoms with Crippen LogP contribution in [-0.4, -0.2) is 32.8 Å². The standard InChI is InChI=1S/C22H18FN5O4/c1-12(20-26-17-9-5-7-15(19(17)27-20)22(29)24-2)32-18-10-13(11-25-21(18)28(30)31)14-6-3-4-8-16(14)23/h3-12H,1-2H3,(H,24,29)(H,26,27). The highest BCUT2D eigenvalue weighted by atomic mass is 19.1. The highest BCUT2D eigenvalue weighted by Crippen LogP contribution is 2.34. The Balaban J connectivity index is 1.72. The van der Waals surface area contributed by atoms with Gasteiger partial charge in [0.2, 0.25) is 5.75 Å². The van der Waals surface area contributed by atoms with E-state index in [9.17, 15) is 19.3 Å². The number of nitrogens with zero attached hydrogens (tertiary/aromatic N) is 3. The summed E-state index contributed by atoms with van der Waals surface area (Å²) in [5, 5.41) is 14.0. The zero-order chi connectivity index (χ0) is 22.8. The van der Waals surface area contributed by atoms with Crippen molar-refractivity contribution in [3.05, 3.63) is 82.0 Å². The molecule has 4 rings (SSSR count). The predicted molar refractivity (Wildman–Crippen MR) is 115 cm³/mol. The Morgan fingerprint density at radius 3 is 2.75 bits per heavy atom. The van der Waals surface area contributed by atoms with Crippen LogP contribution in [0.15, 0.2) is 54.7 Å². The van der Waals surface area contributed by atoms with Crippen molar-refractivity contribution in [2.75, 3.05) is 7.05 Å². The van der Waals surface area contributed by atoms with Gasteiger partial charge in [-0.05, 0) is 35.0 Å². The lowest BCUT2D eigenvalue weighted by Gasteiger charge is -2.13. The van der Waals surface area contributed by atoms with Crippen LogP contribution in [0.25, 0.3) is 22.2 Å². The molecule has 0 bridgehead atoms. The lowest BCUT2D eigenvalue weighted by atomic mass is 10.1. The van der Waals surface area contributed by atoms with Gasteiger partial charge in [-0.3, -0.25) is 4.79 Å². The van der Waals surface area contributed by atoms with E-state index in [1.54, 1.807) is 43.3 Å². The van der Waals surface area contributed by atoms with E-state index in [4.69, 9.17) is 4.74 Å². The first-order valence-electron chi connectivity index (χ1n) is 9.65. The molecule has 0 spiro atoms. The van der Waals surface area contributed by atoms with E-state index in [2.05, 4.69) is 20.3 Å². The molecule has 9 nitrogen and oxygen atoms in total. The van der Waals surface area contributed by atoms with Crippen LogP contribution in [-0.2, 0) is 0 Å². The van der Waals surface area contributed by atoms with Crippen LogP contribution in [0.5, 0.6) is 5.75 Å². The first-order chi connectivity index (χ1) is 15.4. The minimum absolute atomic E-state index is 0.129. The van der Waals surface area contributed by atoms with E-state index >= 15 is 0 Å². The number of fused-ring (bicyclic) bond motifs is 1. The minimum Gasteiger partial charge on any atom is -0.474 e. The number of aromatic nitrogens is 3. The second-order valence-corrected chi connectivity index (χ2v) is 6.95. The van der Waals surface area contributed by atoms with Gasteiger partial charge in [-0.15, -0.1) is 0 Å². The molecule has 0 radical (unpaired) electrons. The van der Waals surface area contributed by atoms with Gasteiger partial charge in [-0.1, -0.05) is 24.3 Å². The molecular formula is C22H18FN5O4. The molecule has 162 valence electrons. The summed E-state index contributed by atoms with van der Waals surface area (Å²) in [5.41, 5.74) is 2.02. The molecule has 0 saturated heterocycles. The summed E-state index contributed by atoms with van der Waals surface area (Å²) in [7, 11) is 1.52. The molecular weight excluding hydrogens is 417 g/mol. The van der Waals surface area contributed by atoms with Gasteiger partial charge in [0.1, 0.15) is 23.4 Å². The van der Waals surface area contributed by atoms with Crippen molar-refractivity contribution in [2.24, 2.45) is 0 Å². The van der Waals surface area contributed by atoms with Gasteiger partial charge in [0.15, 0.2) is 6.10 Å². The molecule has 2 N–H and O–H groups in total. The number of hydrogen-bond donors (Lipinski definition) is 2. The molecule has 0 aliphatic carbocycles. The van der Waals surface area contributed by atoms with Gasteiger partial charge in [-0.25, -0.2) is 9.37 Å². The van der Waals surface area contributed by atoms with E-state index < -0.39 is 22.7 Å². The fraction of sp³-hybridized carbons (Fsp3) is 0.136. The summed E-state index contributed by atoms with van der Waals surface area (Å²) < 4.78 is 20.0. The maximum Gasteiger partial charge on any atom is 0.406 e. The van der Waals surface area contributed by atoms with Gasteiger partial charge in [0.25, 0.3) is 5.91 Å². The number of rotatable bonds is 6. The van der Waals surface area contributed by atoms with Crippen LogP contribution in [0.2, 0.25) is 0 Å². The van der Waals surface area contributed by atoms with E-state index in [-0.39, 0.29) is 17.2 Å². The number of hydrogen-bond acceptors (Lipinski definition) is 6. The average molecular weight is 435 g/mol. The number of ether oxygens (including phenoxy) is 1. The fourth-order valence-electron chi connectivity index (χ4n) is 3.31. The first-order valence-corrected chi connectivity index (χ1v) is 9.65. The van der Waals surface area contributed by atoms with Crippen molar-refractivity contribution >= 4 is 22.8 Å². The summed E-state index contributed by atoms with van der Waals surface area (Å²) in [6.45, 7) is 1.65. The molecule has 1 unspecified atom stereocenters. The molecule has 2 aromatic carbocycles. The van der Waals surface area contributed by atoms with E-state index in [0.717, 1.165) is 0 Å². The van der Waals surface area contributed by atoms with E-state index in [1.165, 1.54) is 25.4 Å². The Kier molecular flexibility index (Phi) is 5.50. The number of aromatic amines is 1. The minimum atomic E-state index is -0.753. The monoisotopic (exact) mass is 435 g/mol. The average Bonchev–Trinajstić information content (AvgIpc) is 3.23. The van der Waals surface area contributed by atoms with Crippen LogP contribution in [0, 0.1) is 15.9 Å². The Hall–Kier alpha value is -4.34. The van der Waals surface area contributed by atoms with Crippen molar-refractivity contribution < 1.29 is 18.8 Å². The second kappa shape index (κ2) is 8.42. The first kappa shape index (κ1) is 20.9. The highest BCUT2D eigenvalue weighted by molar-refractivity contribution is 6.04. The maximum absolute atomic E-state index is 14.2. The molecule has 2 aromatic heterocycles. The van der Waals surface area contributed by atoms with Gasteiger partial charge >= 0.3 is 5.82 Å². The number of benzene rings is 2. The van der Waals surface area contributed by atoms with E-state index in [1.807, 2.05) is 0 Å². The second-order valence-electron chi connectivity index (χ2n) is 6.95. The van der Waals surface area contributed by atoms with Crippen molar-refractivity contribution in [3.63, 3.8) is 0 Å². The molecule has 0 aliphatic heterocycles. The third kappa shape index (κ3) is 3.85. The Labute approximate surface area is 181 Å². The van der Waals surface area contributed by atoms with Crippen LogP contribution < -0.4 is 10.1 Å². The molecule has 2 heterocycles. The number of amides is 1. The molecule has 0 fully saturated rings. The van der Waals surface area contributed by atoms with Crippen LogP contribution in [0.1, 0.15) is 29.2 Å². The summed E-state index contributed by atoms with van der Waals surface area (Å²) in [4.78, 5) is 34.3. The largest absolute Gasteiger partial charge is 0.474 e. The number of carbonyl (C=O) groups excluding carboxylic acids is 1. The summed E-state index contributed by atoms with van der Waals surface area (Å²) in [6.07, 6.45) is 0.474. The van der Waals surface area contributed by atoms with Crippen LogP contribution in [0.3, 0.4) is 0 Å². The van der Waals surface area contributed by atoms with Gasteiger partial charge in [0, 0.05) is 24.2 Å². The molecule has 10 heteroatoms. The maximum atomic E-state index is 14.2. The summed E-state index contributed by atoms with van der Waals surface area (Å²) in [5.74, 6) is -1.04. The number of para-hydroxylation sites is 1. The normalized spacial score (nSPS) is 11.8. The number of H-pyrrole nitrogens is 1. The van der Waals surface area contributed by atoms with Crippen molar-refractivity contribution in [1.82, 2.24) is 20.3 Å². The SMILES string of the molecule is CNC(=O)c1cccc2[nH]c(C(C)Oc3cc(-c4ccccc4F)cnc3[N+](=O)[O-])nc12. The number of nitrogens with one attached hydrogen (secondary N) is 2. The zero-order valence-corrected chi connectivity index (χ0v) is 17.1. The van der Waals surface area contributed by atoms with Crippen molar-refractivity contribution in [3.8, 4) is 16.9 Å². The molecule has 0 aliphatic rings. The lowest BCUT2D eigenvalue weighted by molar-refractivity contribution is -0.390. The Bertz CT molecular complexity index is 1340. The van der Waals surface area contributed by atoms with E-state index in [0.29, 0.717) is 28.0 Å². The number of halogens is 1. The van der Waals surface area contributed by atoms with Crippen molar-refractivity contribution in [1.29, 1.82) is 0 Å². The third-order valence-corrected chi connectivity index (χ3v) is 4.88. The van der Waals surface area contributed by atoms with Crippen LogP contribution in [0.4, 0.5) is 10.2 Å². The van der Waals surface area contributed by atoms with Crippen LogP contribution >= 0.6 is 0 Å². The third-order valence-electron chi connectivity index (χ3n) is 4.88. The summed E-state index contributed by atoms with van der Waals surface area (Å²) >= 11 is 0. The van der Waals surface area contributed by atoms with Gasteiger partial charge in [0.05, 0.1) is 11.1 Å². The number of nitro groups is 1. The van der Waals surface area contributed by atoms with Crippen molar-refractivity contribution in [2.45, 2.75) is 13.0 Å². The quantitative estimate of drug-likeness (QED) is 0.346. The topological polar surface area (TPSA) is 123 Å². The smallest absolute Gasteiger partial charge is 0.406 e. The number of carbonyl (C=O) groups is 1. The highest BCUT2D eigenvalue weighted by Gasteiger charge is 2.24. The molecule has 1 atom stereocenters. The number of imidazole rings is 1. The lowest BCUT2D eigenvalue weighted by Crippen LogP contribution is -2.18. The Morgan fingerprint density at radius 2 is 2.03 bits per heavy atom. The fourth-order valence-corrected chi connectivity index (χ4v) is 3.31. The Morgan fingerprint density at radius 1 is 1.25 bits per heavy atom. The molecule has 4 aromatic rings. The number of pyridine rings is 1. The van der Waals surface area contributed by atoms with Gasteiger partial charge < -0.3 is 25.2 Å². The molecule has 1 amide bonds. The van der Waals surface area contributed by atoms with Gasteiger partial charge in [-0.2, -0.15) is 0 Å². The summed E-state index contributed by atoms with van der Waals surface area (Å²) in [6, 6.07) is 12.5. The molecule has 0 saturated carbocycles. The molecule has 32 heavy (non-hydrogen) atoms. The zero-order valence-electron chi connectivity index (χ0n) is 17.1. The predicted octanol–water partition coefficient (Wildman–Crippen LogP) is 4.17.